The van der Waals surface area contributed by atoms with Crippen LogP contribution in [0.2, 0.25) is 0 Å². The lowest BCUT2D eigenvalue weighted by atomic mass is 9.81. The van der Waals surface area contributed by atoms with Crippen molar-refractivity contribution < 1.29 is 0 Å². The van der Waals surface area contributed by atoms with Crippen LogP contribution in [-0.4, -0.2) is 0 Å². The highest BCUT2D eigenvalue weighted by molar-refractivity contribution is 5.96. The fraction of sp³-hybridized carbons (Fsp3) is 0.143. The number of nitrogens with zero attached hydrogens (tertiary/aromatic N) is 1. The monoisotopic (exact) mass is 821 g/mol. The lowest BCUT2D eigenvalue weighted by molar-refractivity contribution is 0.660. The number of fused-ring (bicyclic) bond motifs is 9. The Morgan fingerprint density at radius 3 is 1.22 bits per heavy atom. The first-order chi connectivity index (χ1) is 31.0. The molecule has 0 amide bonds. The van der Waals surface area contributed by atoms with Crippen LogP contribution in [0.5, 0.6) is 0 Å². The van der Waals surface area contributed by atoms with E-state index in [1.54, 1.807) is 0 Å². The molecule has 0 unspecified atom stereocenters. The molecule has 0 fully saturated rings. The summed E-state index contributed by atoms with van der Waals surface area (Å²) in [6, 6.07) is 75.2. The van der Waals surface area contributed by atoms with E-state index in [0.717, 1.165) is 17.1 Å². The van der Waals surface area contributed by atoms with Crippen molar-refractivity contribution in [1.29, 1.82) is 0 Å². The van der Waals surface area contributed by atoms with Gasteiger partial charge in [0.1, 0.15) is 0 Å². The largest absolute Gasteiger partial charge is 0.310 e. The summed E-state index contributed by atoms with van der Waals surface area (Å²) in [5.41, 5.74) is 26.8. The average Bonchev–Trinajstić information content (AvgIpc) is 3.81. The van der Waals surface area contributed by atoms with E-state index in [1.807, 2.05) is 0 Å². The zero-order valence-electron chi connectivity index (χ0n) is 37.5. The third-order valence-corrected chi connectivity index (χ3v) is 15.1. The molecule has 0 saturated carbocycles. The lowest BCUT2D eigenvalue weighted by Gasteiger charge is -2.29. The summed E-state index contributed by atoms with van der Waals surface area (Å²) in [6.07, 6.45) is 0. The summed E-state index contributed by atoms with van der Waals surface area (Å²) >= 11 is 0. The van der Waals surface area contributed by atoms with Gasteiger partial charge in [0.15, 0.2) is 0 Å². The van der Waals surface area contributed by atoms with Gasteiger partial charge in [-0.25, -0.2) is 0 Å². The van der Waals surface area contributed by atoms with Crippen molar-refractivity contribution in [1.82, 2.24) is 0 Å². The van der Waals surface area contributed by atoms with Gasteiger partial charge in [0.2, 0.25) is 0 Å². The second-order valence-electron chi connectivity index (χ2n) is 19.7. The van der Waals surface area contributed by atoms with Crippen molar-refractivity contribution in [2.45, 2.75) is 57.8 Å². The molecule has 12 rings (SSSR count). The van der Waals surface area contributed by atoms with E-state index >= 15 is 0 Å². The number of anilines is 3. The summed E-state index contributed by atoms with van der Waals surface area (Å²) in [7, 11) is 0. The Morgan fingerprint density at radius 1 is 0.250 bits per heavy atom. The molecule has 0 saturated heterocycles. The number of hydrogen-bond acceptors (Lipinski definition) is 1. The van der Waals surface area contributed by atoms with Crippen molar-refractivity contribution in [3.63, 3.8) is 0 Å². The van der Waals surface area contributed by atoms with Gasteiger partial charge in [-0.05, 0) is 143 Å². The number of rotatable bonds is 6. The molecule has 0 bridgehead atoms. The molecule has 0 atom stereocenters. The van der Waals surface area contributed by atoms with Crippen LogP contribution >= 0.6 is 0 Å². The predicted molar refractivity (Wildman–Crippen MR) is 270 cm³/mol. The van der Waals surface area contributed by atoms with Crippen LogP contribution < -0.4 is 4.90 Å². The molecule has 9 aromatic carbocycles. The lowest BCUT2D eigenvalue weighted by Crippen LogP contribution is -2.17. The van der Waals surface area contributed by atoms with Crippen molar-refractivity contribution >= 4 is 17.1 Å². The first-order valence-electron chi connectivity index (χ1n) is 22.8. The van der Waals surface area contributed by atoms with Gasteiger partial charge >= 0.3 is 0 Å². The molecule has 0 spiro atoms. The Morgan fingerprint density at radius 2 is 0.656 bits per heavy atom. The van der Waals surface area contributed by atoms with Gasteiger partial charge in [-0.1, -0.05) is 199 Å². The molecular formula is C63H51N. The van der Waals surface area contributed by atoms with E-state index in [9.17, 15) is 0 Å². The number of benzene rings is 9. The van der Waals surface area contributed by atoms with Crippen LogP contribution in [0.1, 0.15) is 74.9 Å². The predicted octanol–water partition coefficient (Wildman–Crippen LogP) is 17.1. The minimum Gasteiger partial charge on any atom is -0.310 e. The zero-order valence-corrected chi connectivity index (χ0v) is 37.5. The molecule has 1 nitrogen and oxygen atoms in total. The minimum atomic E-state index is -0.198. The summed E-state index contributed by atoms with van der Waals surface area (Å²) in [5, 5.41) is 0. The van der Waals surface area contributed by atoms with E-state index in [2.05, 4.69) is 247 Å². The molecule has 9 aromatic rings. The molecule has 3 aliphatic carbocycles. The fourth-order valence-electron chi connectivity index (χ4n) is 11.7. The van der Waals surface area contributed by atoms with Crippen LogP contribution in [0.4, 0.5) is 17.1 Å². The third-order valence-electron chi connectivity index (χ3n) is 15.1. The molecule has 0 aliphatic heterocycles. The molecule has 0 radical (unpaired) electrons. The topological polar surface area (TPSA) is 3.24 Å². The van der Waals surface area contributed by atoms with Gasteiger partial charge in [0.05, 0.1) is 0 Å². The highest BCUT2D eigenvalue weighted by Gasteiger charge is 2.39. The first kappa shape index (κ1) is 38.5. The fourth-order valence-corrected chi connectivity index (χ4v) is 11.7. The second-order valence-corrected chi connectivity index (χ2v) is 19.7. The average molecular weight is 822 g/mol. The SMILES string of the molecule is CC1(C)c2cc(-c3ccccc3)ccc2-c2ccc(N(c3cccc(-c4cccc5c4-c4ccccc4C5(C)C)c3)c3cccc(-c4cccc5c4-c4ccccc4C5(C)C)c3)cc21. The first-order valence-corrected chi connectivity index (χ1v) is 22.8. The van der Waals surface area contributed by atoms with Crippen molar-refractivity contribution in [3.05, 3.63) is 234 Å². The van der Waals surface area contributed by atoms with Gasteiger partial charge in [0.25, 0.3) is 0 Å². The standard InChI is InChI=1S/C63H51N/c1-61(2)53-28-12-10-24-51(53)59-47(26-16-30-55(59)61)42-20-14-22-44(36-42)64(45-23-15-21-43(37-45)48-27-17-31-56-60(48)52-25-11-13-29-54(52)62(56,3)4)46-33-35-50-49-34-32-41(40-18-8-7-9-19-40)38-57(49)63(5,6)58(50)39-46/h7-39H,1-6H3. The van der Waals surface area contributed by atoms with Gasteiger partial charge < -0.3 is 4.90 Å². The van der Waals surface area contributed by atoms with E-state index in [1.165, 1.54) is 100 Å². The zero-order chi connectivity index (χ0) is 43.5. The van der Waals surface area contributed by atoms with E-state index in [-0.39, 0.29) is 16.2 Å². The summed E-state index contributed by atoms with van der Waals surface area (Å²) in [5.74, 6) is 0. The maximum atomic E-state index is 2.49. The minimum absolute atomic E-state index is 0.0734. The van der Waals surface area contributed by atoms with Gasteiger partial charge in [0, 0.05) is 33.3 Å². The van der Waals surface area contributed by atoms with Gasteiger partial charge in [-0.3, -0.25) is 0 Å². The molecule has 308 valence electrons. The Bertz CT molecular complexity index is 3210. The summed E-state index contributed by atoms with van der Waals surface area (Å²) < 4.78 is 0. The number of hydrogen-bond donors (Lipinski definition) is 0. The molecule has 0 N–H and O–H groups in total. The van der Waals surface area contributed by atoms with Crippen molar-refractivity contribution in [2.75, 3.05) is 4.90 Å². The maximum absolute atomic E-state index is 2.49. The van der Waals surface area contributed by atoms with Crippen molar-refractivity contribution in [2.24, 2.45) is 0 Å². The van der Waals surface area contributed by atoms with E-state index in [0.29, 0.717) is 0 Å². The van der Waals surface area contributed by atoms with Crippen LogP contribution in [0.3, 0.4) is 0 Å². The molecule has 0 heterocycles. The van der Waals surface area contributed by atoms with E-state index in [4.69, 9.17) is 0 Å². The van der Waals surface area contributed by atoms with Crippen LogP contribution in [-0.2, 0) is 16.2 Å². The molecule has 0 aromatic heterocycles. The van der Waals surface area contributed by atoms with Gasteiger partial charge in [-0.15, -0.1) is 0 Å². The van der Waals surface area contributed by atoms with E-state index < -0.39 is 0 Å². The normalized spacial score (nSPS) is 15.1. The summed E-state index contributed by atoms with van der Waals surface area (Å²) in [4.78, 5) is 2.49. The van der Waals surface area contributed by atoms with Crippen molar-refractivity contribution in [3.8, 4) is 66.8 Å². The Hall–Kier alpha value is -7.22. The maximum Gasteiger partial charge on any atom is 0.0467 e. The van der Waals surface area contributed by atoms with Gasteiger partial charge in [-0.2, -0.15) is 0 Å². The van der Waals surface area contributed by atoms with Crippen LogP contribution in [0, 0.1) is 0 Å². The quantitative estimate of drug-likeness (QED) is 0.161. The Balaban J connectivity index is 1.04. The van der Waals surface area contributed by atoms with Crippen LogP contribution in [0.15, 0.2) is 200 Å². The Labute approximate surface area is 378 Å². The third kappa shape index (κ3) is 5.56. The highest BCUT2D eigenvalue weighted by Crippen LogP contribution is 2.55. The Kier molecular flexibility index (Phi) is 8.35. The molecule has 64 heavy (non-hydrogen) atoms. The second kappa shape index (κ2) is 13.9. The van der Waals surface area contributed by atoms with Crippen LogP contribution in [0.25, 0.3) is 66.8 Å². The molecule has 1 heteroatoms. The highest BCUT2D eigenvalue weighted by atomic mass is 15.1. The molecule has 3 aliphatic rings. The molecular weight excluding hydrogens is 771 g/mol. The summed E-state index contributed by atoms with van der Waals surface area (Å²) in [6.45, 7) is 14.3. The smallest absolute Gasteiger partial charge is 0.0467 e.